The van der Waals surface area contributed by atoms with Gasteiger partial charge in [-0.05, 0) is 61.9 Å². The third-order valence-corrected chi connectivity index (χ3v) is 9.83. The van der Waals surface area contributed by atoms with Crippen molar-refractivity contribution in [2.75, 3.05) is 10.6 Å². The number of hydrogen-bond donors (Lipinski definition) is 3. The zero-order valence-electron chi connectivity index (χ0n) is 25.4. The summed E-state index contributed by atoms with van der Waals surface area (Å²) in [6.45, 7) is 3.93. The highest BCUT2D eigenvalue weighted by Gasteiger charge is 2.21. The quantitative estimate of drug-likeness (QED) is 0.0942. The zero-order valence-corrected chi connectivity index (χ0v) is 28.6. The monoisotopic (exact) mass is 700 g/mol. The Hall–Kier alpha value is -4.41. The Kier molecular flexibility index (Phi) is 11.5. The fourth-order valence-corrected chi connectivity index (χ4v) is 6.93. The first-order chi connectivity index (χ1) is 22.7. The van der Waals surface area contributed by atoms with Crippen LogP contribution in [-0.2, 0) is 9.59 Å². The minimum Gasteiger partial charge on any atom is -0.321 e. The van der Waals surface area contributed by atoms with Gasteiger partial charge < -0.3 is 16.0 Å². The average molecular weight is 702 g/mol. The summed E-state index contributed by atoms with van der Waals surface area (Å²) in [5.74, 6) is -1.21. The summed E-state index contributed by atoms with van der Waals surface area (Å²) < 4.78 is 0. The van der Waals surface area contributed by atoms with E-state index in [1.54, 1.807) is 66.7 Å². The Morgan fingerprint density at radius 2 is 1.53 bits per heavy atom. The molecule has 0 fully saturated rings. The van der Waals surface area contributed by atoms with Crippen LogP contribution in [0.15, 0.2) is 114 Å². The maximum Gasteiger partial charge on any atom is 0.272 e. The zero-order chi connectivity index (χ0) is 33.3. The van der Waals surface area contributed by atoms with E-state index in [1.807, 2.05) is 50.2 Å². The molecule has 0 spiro atoms. The van der Waals surface area contributed by atoms with Gasteiger partial charge in [-0.15, -0.1) is 23.1 Å². The molecule has 0 saturated heterocycles. The highest BCUT2D eigenvalue weighted by atomic mass is 35.5. The van der Waals surface area contributed by atoms with E-state index in [0.29, 0.717) is 38.4 Å². The number of hydrogen-bond acceptors (Lipinski definition) is 6. The summed E-state index contributed by atoms with van der Waals surface area (Å²) in [4.78, 5) is 46.4. The van der Waals surface area contributed by atoms with Gasteiger partial charge in [0.1, 0.15) is 5.70 Å². The number of halogens is 2. The Morgan fingerprint density at radius 1 is 0.872 bits per heavy atom. The molecule has 1 aromatic heterocycles. The number of aromatic nitrogens is 1. The molecular weight excluding hydrogens is 671 g/mol. The van der Waals surface area contributed by atoms with Crippen LogP contribution in [0.25, 0.3) is 17.3 Å². The van der Waals surface area contributed by atoms with Crippen LogP contribution in [0.1, 0.15) is 34.1 Å². The predicted molar refractivity (Wildman–Crippen MR) is 194 cm³/mol. The third kappa shape index (κ3) is 8.90. The highest BCUT2D eigenvalue weighted by Crippen LogP contribution is 2.33. The number of carbonyl (C=O) groups excluding carboxylic acids is 3. The van der Waals surface area contributed by atoms with Gasteiger partial charge in [0.25, 0.3) is 11.8 Å². The number of nitrogens with one attached hydrogen (secondary N) is 3. The van der Waals surface area contributed by atoms with E-state index >= 15 is 0 Å². The summed E-state index contributed by atoms with van der Waals surface area (Å²) in [6, 6.07) is 30.5. The molecule has 5 rings (SSSR count). The second-order valence-corrected chi connectivity index (χ2v) is 13.6. The lowest BCUT2D eigenvalue weighted by Gasteiger charge is -2.15. The molecule has 238 valence electrons. The SMILES string of the molecule is CCC(Sc1cccc(NC(=O)/C(=C\c2c(Cl)cccc2Cl)NC(=O)c2ccccc2)c1)C(=O)Nc1nc(-c2ccccc2)c(C)s1. The molecule has 47 heavy (non-hydrogen) atoms. The number of thiazole rings is 1. The van der Waals surface area contributed by atoms with Crippen molar-refractivity contribution in [3.8, 4) is 11.3 Å². The molecule has 1 heterocycles. The Balaban J connectivity index is 1.31. The fourth-order valence-electron chi connectivity index (χ4n) is 4.57. The van der Waals surface area contributed by atoms with Crippen molar-refractivity contribution in [3.05, 3.63) is 135 Å². The van der Waals surface area contributed by atoms with Crippen LogP contribution in [-0.4, -0.2) is 28.0 Å². The number of carbonyl (C=O) groups is 3. The first-order valence-corrected chi connectivity index (χ1v) is 17.1. The van der Waals surface area contributed by atoms with Gasteiger partial charge in [0.15, 0.2) is 5.13 Å². The number of amides is 3. The Morgan fingerprint density at radius 3 is 2.21 bits per heavy atom. The van der Waals surface area contributed by atoms with Crippen molar-refractivity contribution in [1.82, 2.24) is 10.3 Å². The molecule has 1 atom stereocenters. The molecule has 0 radical (unpaired) electrons. The van der Waals surface area contributed by atoms with Crippen molar-refractivity contribution in [3.63, 3.8) is 0 Å². The van der Waals surface area contributed by atoms with E-state index in [0.717, 1.165) is 21.0 Å². The van der Waals surface area contributed by atoms with E-state index in [4.69, 9.17) is 23.2 Å². The van der Waals surface area contributed by atoms with Crippen LogP contribution in [0.5, 0.6) is 0 Å². The van der Waals surface area contributed by atoms with Crippen molar-refractivity contribution in [1.29, 1.82) is 0 Å². The van der Waals surface area contributed by atoms with Crippen LogP contribution in [0.4, 0.5) is 10.8 Å². The molecule has 0 aliphatic carbocycles. The van der Waals surface area contributed by atoms with Crippen LogP contribution in [0.3, 0.4) is 0 Å². The lowest BCUT2D eigenvalue weighted by Crippen LogP contribution is -2.30. The molecule has 11 heteroatoms. The Labute approximate surface area is 291 Å². The number of rotatable bonds is 11. The molecular formula is C36H30Cl2N4O3S2. The maximum atomic E-state index is 13.6. The van der Waals surface area contributed by atoms with Crippen molar-refractivity contribution in [2.45, 2.75) is 30.4 Å². The standard InChI is InChI=1S/C36H30Cl2N4O3S2/c1-3-31(35(45)42-36-41-32(22(2)46-36)23-12-6-4-7-13-23)47-26-17-10-16-25(20-26)39-34(44)30(21-27-28(37)18-11-19-29(27)38)40-33(43)24-14-8-5-9-15-24/h4-21,31H,3H2,1-2H3,(H,39,44)(H,40,43)(H,41,42,45)/b30-21+. The first-order valence-electron chi connectivity index (χ1n) is 14.7. The van der Waals surface area contributed by atoms with Gasteiger partial charge in [0.05, 0.1) is 10.9 Å². The van der Waals surface area contributed by atoms with E-state index in [2.05, 4.69) is 20.9 Å². The maximum absolute atomic E-state index is 13.6. The molecule has 5 aromatic rings. The molecule has 0 bridgehead atoms. The molecule has 3 amide bonds. The molecule has 0 aliphatic heterocycles. The molecule has 3 N–H and O–H groups in total. The third-order valence-electron chi connectivity index (χ3n) is 6.92. The minimum absolute atomic E-state index is 0.0497. The summed E-state index contributed by atoms with van der Waals surface area (Å²) in [7, 11) is 0. The normalized spacial score (nSPS) is 11.9. The average Bonchev–Trinajstić information content (AvgIpc) is 3.44. The summed E-state index contributed by atoms with van der Waals surface area (Å²) in [5, 5.41) is 9.31. The van der Waals surface area contributed by atoms with Crippen molar-refractivity contribution < 1.29 is 14.4 Å². The topological polar surface area (TPSA) is 100 Å². The number of thioether (sulfide) groups is 1. The molecule has 7 nitrogen and oxygen atoms in total. The Bertz CT molecular complexity index is 1910. The molecule has 0 aliphatic rings. The van der Waals surface area contributed by atoms with E-state index in [9.17, 15) is 14.4 Å². The number of benzene rings is 4. The van der Waals surface area contributed by atoms with Gasteiger partial charge in [-0.25, -0.2) is 4.98 Å². The highest BCUT2D eigenvalue weighted by molar-refractivity contribution is 8.00. The van der Waals surface area contributed by atoms with Crippen LogP contribution < -0.4 is 16.0 Å². The van der Waals surface area contributed by atoms with Gasteiger partial charge >= 0.3 is 0 Å². The largest absolute Gasteiger partial charge is 0.321 e. The predicted octanol–water partition coefficient (Wildman–Crippen LogP) is 9.34. The van der Waals surface area contributed by atoms with Gasteiger partial charge in [-0.2, -0.15) is 0 Å². The van der Waals surface area contributed by atoms with Crippen LogP contribution >= 0.6 is 46.3 Å². The fraction of sp³-hybridized carbons (Fsp3) is 0.111. The summed E-state index contributed by atoms with van der Waals surface area (Å²) >= 11 is 15.6. The van der Waals surface area contributed by atoms with E-state index in [1.165, 1.54) is 29.2 Å². The number of nitrogens with zero attached hydrogens (tertiary/aromatic N) is 1. The van der Waals surface area contributed by atoms with E-state index < -0.39 is 17.1 Å². The summed E-state index contributed by atoms with van der Waals surface area (Å²) in [6.07, 6.45) is 2.01. The minimum atomic E-state index is -0.578. The van der Waals surface area contributed by atoms with Gasteiger partial charge in [0, 0.05) is 42.2 Å². The second-order valence-electron chi connectivity index (χ2n) is 10.3. The lowest BCUT2D eigenvalue weighted by atomic mass is 10.1. The van der Waals surface area contributed by atoms with Gasteiger partial charge in [-0.3, -0.25) is 14.4 Å². The second kappa shape index (κ2) is 15.9. The van der Waals surface area contributed by atoms with Gasteiger partial charge in [-0.1, -0.05) is 90.8 Å². The molecule has 0 saturated carbocycles. The van der Waals surface area contributed by atoms with E-state index in [-0.39, 0.29) is 11.6 Å². The first kappa shape index (κ1) is 33.9. The van der Waals surface area contributed by atoms with Crippen LogP contribution in [0.2, 0.25) is 10.0 Å². The molecule has 1 unspecified atom stereocenters. The smallest absolute Gasteiger partial charge is 0.272 e. The number of aryl methyl sites for hydroxylation is 1. The van der Waals surface area contributed by atoms with Gasteiger partial charge in [0.2, 0.25) is 5.91 Å². The summed E-state index contributed by atoms with van der Waals surface area (Å²) in [5.41, 5.74) is 3.04. The number of anilines is 2. The van der Waals surface area contributed by atoms with Crippen LogP contribution in [0, 0.1) is 6.92 Å². The van der Waals surface area contributed by atoms with Crippen molar-refractivity contribution >= 4 is 80.9 Å². The molecule has 4 aromatic carbocycles. The van der Waals surface area contributed by atoms with Crippen molar-refractivity contribution in [2.24, 2.45) is 0 Å². The lowest BCUT2D eigenvalue weighted by molar-refractivity contribution is -0.116.